The van der Waals surface area contributed by atoms with Crippen LogP contribution in [-0.2, 0) is 0 Å². The van der Waals surface area contributed by atoms with Crippen LogP contribution in [0.1, 0.15) is 75.3 Å². The lowest BCUT2D eigenvalue weighted by atomic mass is 9.53. The standard InChI is InChI=1S/C35H31I2N/c36-7-5-28(34-30-12-24-10-25(14-30)15-31(34)13-24)3-1-22-9-23(21-38-20-22)2-4-29(6-8-37)35-32-16-26-11-27(18-32)19-33(35)17-26/h9,20-21,24-27,30-33H,10-19H2. The summed E-state index contributed by atoms with van der Waals surface area (Å²) < 4.78 is 6.25. The van der Waals surface area contributed by atoms with Gasteiger partial charge < -0.3 is 0 Å². The van der Waals surface area contributed by atoms with Gasteiger partial charge in [-0.2, -0.15) is 0 Å². The Morgan fingerprint density at radius 1 is 0.553 bits per heavy atom. The summed E-state index contributed by atoms with van der Waals surface area (Å²) in [6.07, 6.45) is 17.4. The zero-order valence-electron chi connectivity index (χ0n) is 21.6. The number of nitrogens with zero attached hydrogens (tertiary/aromatic N) is 1. The predicted molar refractivity (Wildman–Crippen MR) is 170 cm³/mol. The van der Waals surface area contributed by atoms with Gasteiger partial charge >= 0.3 is 0 Å². The molecule has 8 aliphatic carbocycles. The van der Waals surface area contributed by atoms with Crippen molar-refractivity contribution in [2.45, 2.75) is 64.2 Å². The van der Waals surface area contributed by atoms with E-state index in [2.05, 4.69) is 99.6 Å². The summed E-state index contributed by atoms with van der Waals surface area (Å²) in [6.45, 7) is 0. The van der Waals surface area contributed by atoms with E-state index in [0.29, 0.717) is 23.7 Å². The molecule has 8 bridgehead atoms. The zero-order valence-corrected chi connectivity index (χ0v) is 25.9. The van der Waals surface area contributed by atoms with Gasteiger partial charge in [0.25, 0.3) is 0 Å². The highest BCUT2D eigenvalue weighted by Gasteiger charge is 2.47. The van der Waals surface area contributed by atoms with E-state index in [-0.39, 0.29) is 0 Å². The van der Waals surface area contributed by atoms with Gasteiger partial charge in [0.1, 0.15) is 0 Å². The van der Waals surface area contributed by atoms with E-state index in [0.717, 1.165) is 45.9 Å². The van der Waals surface area contributed by atoms with E-state index >= 15 is 0 Å². The van der Waals surface area contributed by atoms with Crippen LogP contribution in [0.2, 0.25) is 0 Å². The summed E-state index contributed by atoms with van der Waals surface area (Å²) in [7, 11) is 0. The molecular formula is C35H31I2N. The van der Waals surface area contributed by atoms with Crippen LogP contribution in [0.5, 0.6) is 0 Å². The minimum Gasteiger partial charge on any atom is -0.262 e. The van der Waals surface area contributed by atoms with Crippen LogP contribution in [0, 0.1) is 90.7 Å². The lowest BCUT2D eigenvalue weighted by Gasteiger charge is -2.51. The summed E-state index contributed by atoms with van der Waals surface area (Å²) >= 11 is 4.32. The Labute approximate surface area is 255 Å². The number of hydrogen-bond acceptors (Lipinski definition) is 1. The molecule has 3 heteroatoms. The summed E-state index contributed by atoms with van der Waals surface area (Å²) in [4.78, 5) is 4.49. The van der Waals surface area contributed by atoms with Crippen LogP contribution in [0.25, 0.3) is 0 Å². The van der Waals surface area contributed by atoms with Crippen molar-refractivity contribution in [3.05, 3.63) is 51.9 Å². The number of allylic oxidation sites excluding steroid dienone is 4. The van der Waals surface area contributed by atoms with Crippen molar-refractivity contribution in [1.29, 1.82) is 0 Å². The van der Waals surface area contributed by atoms with Crippen LogP contribution in [0.15, 0.2) is 40.8 Å². The molecule has 190 valence electrons. The average molecular weight is 719 g/mol. The topological polar surface area (TPSA) is 12.9 Å². The van der Waals surface area contributed by atoms with Crippen LogP contribution in [-0.4, -0.2) is 4.98 Å². The van der Waals surface area contributed by atoms with Crippen molar-refractivity contribution >= 4 is 45.2 Å². The van der Waals surface area contributed by atoms with Crippen molar-refractivity contribution in [2.75, 3.05) is 0 Å². The second kappa shape index (κ2) is 10.7. The van der Waals surface area contributed by atoms with Gasteiger partial charge in [-0.15, -0.1) is 0 Å². The van der Waals surface area contributed by atoms with Crippen molar-refractivity contribution in [2.24, 2.45) is 47.3 Å². The molecule has 0 aromatic carbocycles. The Kier molecular flexibility index (Phi) is 7.14. The van der Waals surface area contributed by atoms with Gasteiger partial charge in [0.15, 0.2) is 0 Å². The lowest BCUT2D eigenvalue weighted by molar-refractivity contribution is 0.0691. The Morgan fingerprint density at radius 2 is 0.921 bits per heavy atom. The van der Waals surface area contributed by atoms with Gasteiger partial charge in [-0.3, -0.25) is 4.98 Å². The molecule has 0 saturated heterocycles. The largest absolute Gasteiger partial charge is 0.262 e. The van der Waals surface area contributed by atoms with E-state index in [1.54, 1.807) is 11.1 Å². The fourth-order valence-corrected chi connectivity index (χ4v) is 10.0. The molecule has 1 heterocycles. The van der Waals surface area contributed by atoms with E-state index < -0.39 is 0 Å². The van der Waals surface area contributed by atoms with E-state index in [4.69, 9.17) is 0 Å². The maximum absolute atomic E-state index is 4.49. The average Bonchev–Trinajstić information content (AvgIpc) is 2.89. The van der Waals surface area contributed by atoms with Gasteiger partial charge in [0, 0.05) is 68.7 Å². The fourth-order valence-electron chi connectivity index (χ4n) is 9.49. The van der Waals surface area contributed by atoms with Gasteiger partial charge in [-0.05, 0) is 148 Å². The number of aromatic nitrogens is 1. The van der Waals surface area contributed by atoms with Crippen molar-refractivity contribution in [3.63, 3.8) is 0 Å². The van der Waals surface area contributed by atoms with Gasteiger partial charge in [-0.1, -0.05) is 23.7 Å². The second-order valence-corrected chi connectivity index (χ2v) is 13.7. The molecule has 1 aromatic rings. The first-order valence-corrected chi connectivity index (χ1v) is 16.5. The zero-order chi connectivity index (χ0) is 25.6. The van der Waals surface area contributed by atoms with Crippen LogP contribution in [0.3, 0.4) is 0 Å². The van der Waals surface area contributed by atoms with Crippen LogP contribution >= 0.6 is 45.2 Å². The highest BCUT2D eigenvalue weighted by atomic mass is 127. The normalized spacial score (nSPS) is 34.7. The minimum atomic E-state index is 0.707. The Morgan fingerprint density at radius 3 is 1.26 bits per heavy atom. The molecule has 0 atom stereocenters. The molecule has 8 aliphatic rings. The predicted octanol–water partition coefficient (Wildman–Crippen LogP) is 8.08. The molecule has 1 nitrogen and oxygen atoms in total. The third-order valence-corrected chi connectivity index (χ3v) is 10.9. The molecule has 1 aromatic heterocycles. The highest BCUT2D eigenvalue weighted by molar-refractivity contribution is 14.1. The molecular weight excluding hydrogens is 688 g/mol. The molecule has 8 saturated carbocycles. The van der Waals surface area contributed by atoms with E-state index in [1.807, 2.05) is 12.4 Å². The first-order chi connectivity index (χ1) is 18.7. The molecule has 0 N–H and O–H groups in total. The SMILES string of the molecule is IC#CC(C#Cc1cncc(C#CC(C#CI)=C2C3CC4CC(C3)CC2C4)c1)=C1C2CC3CC(C2)CC1C3. The third kappa shape index (κ3) is 4.89. The molecule has 0 amide bonds. The summed E-state index contributed by atoms with van der Waals surface area (Å²) in [5.74, 6) is 27.2. The fraction of sp³-hybridized carbons (Fsp3) is 0.514. The number of halogens is 2. The van der Waals surface area contributed by atoms with Crippen LogP contribution in [0.4, 0.5) is 0 Å². The molecule has 0 unspecified atom stereocenters. The lowest BCUT2D eigenvalue weighted by Crippen LogP contribution is -2.40. The minimum absolute atomic E-state index is 0.707. The molecule has 0 spiro atoms. The Bertz CT molecular complexity index is 1310. The summed E-state index contributed by atoms with van der Waals surface area (Å²) in [6, 6.07) is 2.08. The quantitative estimate of drug-likeness (QED) is 0.195. The van der Waals surface area contributed by atoms with E-state index in [1.165, 1.54) is 64.2 Å². The maximum Gasteiger partial charge on any atom is 0.0753 e. The Balaban J connectivity index is 1.18. The van der Waals surface area contributed by atoms with Gasteiger partial charge in [-0.25, -0.2) is 0 Å². The maximum atomic E-state index is 4.49. The molecule has 0 radical (unpaired) electrons. The number of rotatable bonds is 0. The van der Waals surface area contributed by atoms with Crippen LogP contribution < -0.4 is 0 Å². The second-order valence-electron chi connectivity index (χ2n) is 12.7. The first kappa shape index (κ1) is 25.3. The van der Waals surface area contributed by atoms with E-state index in [9.17, 15) is 0 Å². The molecule has 9 rings (SSSR count). The Hall–Kier alpha value is -1.67. The first-order valence-electron chi connectivity index (χ1n) is 14.4. The van der Waals surface area contributed by atoms with Gasteiger partial charge in [0.2, 0.25) is 0 Å². The van der Waals surface area contributed by atoms with Crippen molar-refractivity contribution < 1.29 is 0 Å². The van der Waals surface area contributed by atoms with Crippen molar-refractivity contribution in [1.82, 2.24) is 4.98 Å². The number of hydrogen-bond donors (Lipinski definition) is 0. The summed E-state index contributed by atoms with van der Waals surface area (Å²) in [5, 5.41) is 0. The molecule has 8 fully saturated rings. The number of pyridine rings is 1. The van der Waals surface area contributed by atoms with Crippen molar-refractivity contribution in [3.8, 4) is 43.4 Å². The van der Waals surface area contributed by atoms with Gasteiger partial charge in [0.05, 0.1) is 11.1 Å². The summed E-state index contributed by atoms with van der Waals surface area (Å²) in [5.41, 5.74) is 7.13. The highest BCUT2D eigenvalue weighted by Crippen LogP contribution is 2.58. The monoisotopic (exact) mass is 719 g/mol. The third-order valence-electron chi connectivity index (χ3n) is 10.4. The molecule has 38 heavy (non-hydrogen) atoms. The molecule has 0 aliphatic heterocycles. The smallest absolute Gasteiger partial charge is 0.0753 e.